The molecule has 1 aliphatic rings. The molecule has 1 rings (SSSR count). The zero-order valence-electron chi connectivity index (χ0n) is 11.2. The van der Waals surface area contributed by atoms with Crippen molar-refractivity contribution in [2.45, 2.75) is 58.0 Å². The van der Waals surface area contributed by atoms with E-state index in [9.17, 15) is 9.90 Å². The summed E-state index contributed by atoms with van der Waals surface area (Å²) in [4.78, 5) is 11.3. The molecular weight excluding hydrogens is 234 g/mol. The maximum Gasteiger partial charge on any atom is 0.323 e. The van der Waals surface area contributed by atoms with Gasteiger partial charge in [-0.2, -0.15) is 11.8 Å². The highest BCUT2D eigenvalue weighted by Gasteiger charge is 2.37. The summed E-state index contributed by atoms with van der Waals surface area (Å²) >= 11 is 1.87. The van der Waals surface area contributed by atoms with Gasteiger partial charge in [0, 0.05) is 6.04 Å². The van der Waals surface area contributed by atoms with E-state index in [1.165, 1.54) is 6.42 Å². The largest absolute Gasteiger partial charge is 0.480 e. The van der Waals surface area contributed by atoms with Crippen molar-refractivity contribution >= 4 is 17.7 Å². The van der Waals surface area contributed by atoms with Crippen LogP contribution in [0.5, 0.6) is 0 Å². The first-order valence-corrected chi connectivity index (χ1v) is 7.72. The molecule has 0 aromatic rings. The number of carboxylic acid groups (broad SMARTS) is 1. The Kier molecular flexibility index (Phi) is 5.80. The quantitative estimate of drug-likeness (QED) is 0.625. The first-order chi connectivity index (χ1) is 7.98. The Labute approximate surface area is 109 Å². The molecule has 1 fully saturated rings. The summed E-state index contributed by atoms with van der Waals surface area (Å²) in [5, 5.41) is 12.5. The summed E-state index contributed by atoms with van der Waals surface area (Å²) in [6.07, 6.45) is 4.16. The SMILES string of the molecule is CCC(C)CSCCC(C)(NC1CC1)C(=O)O. The maximum absolute atomic E-state index is 11.3. The summed E-state index contributed by atoms with van der Waals surface area (Å²) in [7, 11) is 0. The number of nitrogens with one attached hydrogen (secondary N) is 1. The van der Waals surface area contributed by atoms with Crippen LogP contribution in [-0.4, -0.2) is 34.2 Å². The van der Waals surface area contributed by atoms with Gasteiger partial charge in [-0.25, -0.2) is 0 Å². The normalized spacial score (nSPS) is 20.9. The molecule has 2 N–H and O–H groups in total. The Morgan fingerprint density at radius 1 is 1.59 bits per heavy atom. The van der Waals surface area contributed by atoms with Gasteiger partial charge in [0.25, 0.3) is 0 Å². The second-order valence-corrected chi connectivity index (χ2v) is 6.54. The molecule has 1 saturated carbocycles. The van der Waals surface area contributed by atoms with Crippen LogP contribution in [0, 0.1) is 5.92 Å². The second-order valence-electron chi connectivity index (χ2n) is 5.39. The predicted octanol–water partition coefficient (Wildman–Crippen LogP) is 2.75. The smallest absolute Gasteiger partial charge is 0.323 e. The zero-order chi connectivity index (χ0) is 12.9. The lowest BCUT2D eigenvalue weighted by molar-refractivity contribution is -0.144. The molecule has 0 amide bonds. The molecule has 0 aromatic carbocycles. The van der Waals surface area contributed by atoms with Gasteiger partial charge in [-0.05, 0) is 43.6 Å². The first kappa shape index (κ1) is 14.8. The fourth-order valence-corrected chi connectivity index (χ4v) is 2.96. The highest BCUT2D eigenvalue weighted by atomic mass is 32.2. The van der Waals surface area contributed by atoms with Gasteiger partial charge in [-0.3, -0.25) is 10.1 Å². The molecule has 2 unspecified atom stereocenters. The Bertz CT molecular complexity index is 256. The standard InChI is InChI=1S/C13H25NO2S/c1-4-10(2)9-17-8-7-13(3,12(15)16)14-11-5-6-11/h10-11,14H,4-9H2,1-3H3,(H,15,16). The van der Waals surface area contributed by atoms with Gasteiger partial charge in [0.15, 0.2) is 0 Å². The van der Waals surface area contributed by atoms with Gasteiger partial charge in [-0.1, -0.05) is 20.3 Å². The molecule has 0 heterocycles. The van der Waals surface area contributed by atoms with Gasteiger partial charge in [0.1, 0.15) is 5.54 Å². The van der Waals surface area contributed by atoms with Gasteiger partial charge in [0.2, 0.25) is 0 Å². The summed E-state index contributed by atoms with van der Waals surface area (Å²) in [6, 6.07) is 0.440. The van der Waals surface area contributed by atoms with Crippen LogP contribution >= 0.6 is 11.8 Å². The van der Waals surface area contributed by atoms with Crippen LogP contribution in [0.4, 0.5) is 0 Å². The molecule has 3 nitrogen and oxygen atoms in total. The molecule has 4 heteroatoms. The lowest BCUT2D eigenvalue weighted by Gasteiger charge is -2.26. The molecule has 0 spiro atoms. The molecule has 0 aromatic heterocycles. The molecule has 0 radical (unpaired) electrons. The van der Waals surface area contributed by atoms with E-state index >= 15 is 0 Å². The van der Waals surface area contributed by atoms with E-state index in [4.69, 9.17) is 0 Å². The Morgan fingerprint density at radius 2 is 2.24 bits per heavy atom. The third kappa shape index (κ3) is 5.30. The first-order valence-electron chi connectivity index (χ1n) is 6.56. The average molecular weight is 259 g/mol. The molecule has 0 saturated heterocycles. The molecule has 0 bridgehead atoms. The van der Waals surface area contributed by atoms with E-state index in [-0.39, 0.29) is 0 Å². The average Bonchev–Trinajstić information content (AvgIpc) is 3.07. The topological polar surface area (TPSA) is 49.3 Å². The van der Waals surface area contributed by atoms with Crippen molar-refractivity contribution in [1.29, 1.82) is 0 Å². The fraction of sp³-hybridized carbons (Fsp3) is 0.923. The third-order valence-corrected chi connectivity index (χ3v) is 4.72. The summed E-state index contributed by atoms with van der Waals surface area (Å²) in [5.74, 6) is 2.07. The van der Waals surface area contributed by atoms with E-state index < -0.39 is 11.5 Å². The summed E-state index contributed by atoms with van der Waals surface area (Å²) in [5.41, 5.74) is -0.733. The third-order valence-electron chi connectivity index (χ3n) is 3.42. The number of hydrogen-bond donors (Lipinski definition) is 2. The van der Waals surface area contributed by atoms with Crippen LogP contribution < -0.4 is 5.32 Å². The minimum atomic E-state index is -0.733. The Morgan fingerprint density at radius 3 is 2.71 bits per heavy atom. The number of carbonyl (C=O) groups is 1. The minimum absolute atomic E-state index is 0.440. The Hall–Kier alpha value is -0.220. The number of carboxylic acids is 1. The van der Waals surface area contributed by atoms with Crippen molar-refractivity contribution in [2.75, 3.05) is 11.5 Å². The molecule has 17 heavy (non-hydrogen) atoms. The van der Waals surface area contributed by atoms with E-state index in [0.717, 1.165) is 30.3 Å². The van der Waals surface area contributed by atoms with Gasteiger partial charge >= 0.3 is 5.97 Å². The predicted molar refractivity (Wildman–Crippen MR) is 73.6 cm³/mol. The summed E-state index contributed by atoms with van der Waals surface area (Å²) in [6.45, 7) is 6.25. The van der Waals surface area contributed by atoms with Crippen LogP contribution in [0.2, 0.25) is 0 Å². The second kappa shape index (κ2) is 6.64. The minimum Gasteiger partial charge on any atom is -0.480 e. The van der Waals surface area contributed by atoms with Crippen molar-refractivity contribution in [2.24, 2.45) is 5.92 Å². The van der Waals surface area contributed by atoms with Crippen molar-refractivity contribution in [3.05, 3.63) is 0 Å². The molecule has 2 atom stereocenters. The highest BCUT2D eigenvalue weighted by molar-refractivity contribution is 7.99. The van der Waals surface area contributed by atoms with Crippen molar-refractivity contribution in [3.8, 4) is 0 Å². The van der Waals surface area contributed by atoms with Crippen LogP contribution in [0.1, 0.15) is 46.5 Å². The zero-order valence-corrected chi connectivity index (χ0v) is 12.0. The molecule has 1 aliphatic carbocycles. The number of aliphatic carboxylic acids is 1. The maximum atomic E-state index is 11.3. The number of rotatable bonds is 9. The van der Waals surface area contributed by atoms with E-state index in [1.807, 2.05) is 18.7 Å². The Balaban J connectivity index is 2.26. The lowest BCUT2D eigenvalue weighted by atomic mass is 9.99. The van der Waals surface area contributed by atoms with E-state index in [0.29, 0.717) is 12.5 Å². The van der Waals surface area contributed by atoms with Gasteiger partial charge in [0.05, 0.1) is 0 Å². The highest BCUT2D eigenvalue weighted by Crippen LogP contribution is 2.25. The van der Waals surface area contributed by atoms with Crippen molar-refractivity contribution < 1.29 is 9.90 Å². The van der Waals surface area contributed by atoms with Crippen LogP contribution in [-0.2, 0) is 4.79 Å². The number of hydrogen-bond acceptors (Lipinski definition) is 3. The molecule has 0 aliphatic heterocycles. The summed E-state index contributed by atoms with van der Waals surface area (Å²) < 4.78 is 0. The van der Waals surface area contributed by atoms with Crippen molar-refractivity contribution in [1.82, 2.24) is 5.32 Å². The van der Waals surface area contributed by atoms with Gasteiger partial charge in [-0.15, -0.1) is 0 Å². The van der Waals surface area contributed by atoms with E-state index in [1.54, 1.807) is 0 Å². The van der Waals surface area contributed by atoms with E-state index in [2.05, 4.69) is 19.2 Å². The van der Waals surface area contributed by atoms with Crippen LogP contribution in [0.3, 0.4) is 0 Å². The van der Waals surface area contributed by atoms with Crippen LogP contribution in [0.15, 0.2) is 0 Å². The lowest BCUT2D eigenvalue weighted by Crippen LogP contribution is -2.51. The monoisotopic (exact) mass is 259 g/mol. The van der Waals surface area contributed by atoms with Crippen molar-refractivity contribution in [3.63, 3.8) is 0 Å². The van der Waals surface area contributed by atoms with Gasteiger partial charge < -0.3 is 5.11 Å². The fourth-order valence-electron chi connectivity index (χ4n) is 1.60. The molecular formula is C13H25NO2S. The van der Waals surface area contributed by atoms with Crippen LogP contribution in [0.25, 0.3) is 0 Å². The number of thioether (sulfide) groups is 1. The molecule has 100 valence electrons.